The maximum Gasteiger partial charge on any atom is 0.159 e. The van der Waals surface area contributed by atoms with Crippen LogP contribution in [-0.4, -0.2) is 31.5 Å². The average Bonchev–Trinajstić information content (AvgIpc) is 3.21. The van der Waals surface area contributed by atoms with Crippen LogP contribution in [0.5, 0.6) is 0 Å². The van der Waals surface area contributed by atoms with Gasteiger partial charge in [-0.3, -0.25) is 4.68 Å². The van der Waals surface area contributed by atoms with E-state index in [0.717, 1.165) is 48.4 Å². The van der Waals surface area contributed by atoms with Gasteiger partial charge in [0.1, 0.15) is 11.3 Å². The van der Waals surface area contributed by atoms with Gasteiger partial charge in [0, 0.05) is 7.05 Å². The summed E-state index contributed by atoms with van der Waals surface area (Å²) in [7, 11) is 2.01. The van der Waals surface area contributed by atoms with Gasteiger partial charge in [0.05, 0.1) is 29.8 Å². The predicted octanol–water partition coefficient (Wildman–Crippen LogP) is 2.95. The molecule has 0 spiro atoms. The number of nitrogens with zero attached hydrogens (tertiary/aromatic N) is 4. The van der Waals surface area contributed by atoms with Crippen molar-refractivity contribution in [3.05, 3.63) is 11.5 Å². The molecule has 2 aliphatic rings. The Labute approximate surface area is 129 Å². The van der Waals surface area contributed by atoms with E-state index in [4.69, 9.17) is 21.3 Å². The predicted molar refractivity (Wildman–Crippen MR) is 81.6 cm³/mol. The number of imidazole rings is 1. The Morgan fingerprint density at radius 3 is 2.86 bits per heavy atom. The summed E-state index contributed by atoms with van der Waals surface area (Å²) < 4.78 is 10.3. The van der Waals surface area contributed by atoms with Gasteiger partial charge in [-0.25, -0.2) is 4.98 Å². The first kappa shape index (κ1) is 13.6. The van der Waals surface area contributed by atoms with Gasteiger partial charge in [-0.15, -0.1) is 11.6 Å². The van der Waals surface area contributed by atoms with Crippen molar-refractivity contribution in [2.24, 2.45) is 7.05 Å². The highest BCUT2D eigenvalue weighted by Crippen LogP contribution is 2.43. The lowest BCUT2D eigenvalue weighted by atomic mass is 9.95. The monoisotopic (exact) mass is 308 g/mol. The Kier molecular flexibility index (Phi) is 3.23. The number of alkyl halides is 1. The van der Waals surface area contributed by atoms with Gasteiger partial charge in [0.2, 0.25) is 0 Å². The number of halogens is 1. The summed E-state index contributed by atoms with van der Waals surface area (Å²) in [6, 6.07) is 0.368. The molecule has 4 rings (SSSR count). The first-order valence-electron chi connectivity index (χ1n) is 7.87. The van der Waals surface area contributed by atoms with E-state index in [1.54, 1.807) is 0 Å². The summed E-state index contributed by atoms with van der Waals surface area (Å²) in [4.78, 5) is 4.79. The molecule has 21 heavy (non-hydrogen) atoms. The number of rotatable bonds is 4. The molecule has 2 aliphatic heterocycles. The highest BCUT2D eigenvalue weighted by atomic mass is 35.5. The van der Waals surface area contributed by atoms with Crippen LogP contribution in [0.1, 0.15) is 50.2 Å². The van der Waals surface area contributed by atoms with Crippen LogP contribution in [0.25, 0.3) is 11.2 Å². The van der Waals surface area contributed by atoms with Crippen molar-refractivity contribution >= 4 is 22.8 Å². The van der Waals surface area contributed by atoms with Crippen molar-refractivity contribution in [1.82, 2.24) is 19.3 Å². The van der Waals surface area contributed by atoms with Gasteiger partial charge in [0.25, 0.3) is 0 Å². The van der Waals surface area contributed by atoms with Crippen molar-refractivity contribution in [2.45, 2.75) is 63.2 Å². The maximum absolute atomic E-state index is 6.17. The van der Waals surface area contributed by atoms with Crippen molar-refractivity contribution < 1.29 is 4.74 Å². The highest BCUT2D eigenvalue weighted by Gasteiger charge is 2.43. The lowest BCUT2D eigenvalue weighted by molar-refractivity contribution is 0.0939. The number of aryl methyl sites for hydroxylation is 2. The van der Waals surface area contributed by atoms with E-state index in [1.807, 2.05) is 11.7 Å². The lowest BCUT2D eigenvalue weighted by Gasteiger charge is -2.22. The summed E-state index contributed by atoms with van der Waals surface area (Å²) in [5.41, 5.74) is 3.22. The number of hydrogen-bond donors (Lipinski definition) is 0. The average molecular weight is 309 g/mol. The summed E-state index contributed by atoms with van der Waals surface area (Å²) in [6.07, 6.45) is 6.20. The summed E-state index contributed by atoms with van der Waals surface area (Å²) >= 11 is 6.17. The number of hydrogen-bond acceptors (Lipinski definition) is 3. The summed E-state index contributed by atoms with van der Waals surface area (Å²) in [5, 5.41) is 4.66. The van der Waals surface area contributed by atoms with Crippen LogP contribution in [0.15, 0.2) is 0 Å². The second-order valence-corrected chi connectivity index (χ2v) is 6.47. The Hall–Kier alpha value is -1.07. The van der Waals surface area contributed by atoms with E-state index in [9.17, 15) is 0 Å². The molecule has 0 saturated carbocycles. The van der Waals surface area contributed by atoms with E-state index >= 15 is 0 Å². The quantitative estimate of drug-likeness (QED) is 0.816. The molecular weight excluding hydrogens is 288 g/mol. The van der Waals surface area contributed by atoms with E-state index in [2.05, 4.69) is 16.6 Å². The SMILES string of the molecule is CCCc1nn(C)c2c1nc(CCl)n2C1CC2CCC1O2. The lowest BCUT2D eigenvalue weighted by Crippen LogP contribution is -2.23. The maximum atomic E-state index is 6.17. The molecule has 0 amide bonds. The highest BCUT2D eigenvalue weighted by molar-refractivity contribution is 6.16. The molecule has 0 aromatic carbocycles. The third kappa shape index (κ3) is 1.94. The normalized spacial score (nSPS) is 28.0. The molecule has 3 unspecified atom stereocenters. The van der Waals surface area contributed by atoms with Crippen molar-refractivity contribution in [3.63, 3.8) is 0 Å². The Morgan fingerprint density at radius 2 is 2.24 bits per heavy atom. The van der Waals surface area contributed by atoms with Crippen LogP contribution < -0.4 is 0 Å². The van der Waals surface area contributed by atoms with Crippen LogP contribution in [0.4, 0.5) is 0 Å². The molecule has 2 bridgehead atoms. The van der Waals surface area contributed by atoms with Crippen LogP contribution in [0.2, 0.25) is 0 Å². The largest absolute Gasteiger partial charge is 0.373 e. The van der Waals surface area contributed by atoms with Gasteiger partial charge >= 0.3 is 0 Å². The van der Waals surface area contributed by atoms with Crippen molar-refractivity contribution in [3.8, 4) is 0 Å². The minimum Gasteiger partial charge on any atom is -0.373 e. The number of ether oxygens (including phenoxy) is 1. The number of aromatic nitrogens is 4. The van der Waals surface area contributed by atoms with Gasteiger partial charge in [-0.2, -0.15) is 5.10 Å². The van der Waals surface area contributed by atoms with Crippen LogP contribution in [0, 0.1) is 0 Å². The minimum atomic E-state index is 0.318. The number of fused-ring (bicyclic) bond motifs is 3. The summed E-state index contributed by atoms with van der Waals surface area (Å²) in [6.45, 7) is 2.17. The zero-order valence-electron chi connectivity index (χ0n) is 12.5. The van der Waals surface area contributed by atoms with Crippen molar-refractivity contribution in [2.75, 3.05) is 0 Å². The fraction of sp³-hybridized carbons (Fsp3) is 0.733. The van der Waals surface area contributed by atoms with E-state index < -0.39 is 0 Å². The van der Waals surface area contributed by atoms with Gasteiger partial charge < -0.3 is 9.30 Å². The van der Waals surface area contributed by atoms with Crippen molar-refractivity contribution in [1.29, 1.82) is 0 Å². The Morgan fingerprint density at radius 1 is 1.38 bits per heavy atom. The standard InChI is InChI=1S/C15H21ClN4O/c1-3-4-10-14-15(19(2)18-10)20(13(8-16)17-14)11-7-9-5-6-12(11)21-9/h9,11-12H,3-8H2,1-2H3. The van der Waals surface area contributed by atoms with E-state index in [-0.39, 0.29) is 0 Å². The van der Waals surface area contributed by atoms with Gasteiger partial charge in [-0.1, -0.05) is 13.3 Å². The second kappa shape index (κ2) is 4.99. The zero-order valence-corrected chi connectivity index (χ0v) is 13.3. The van der Waals surface area contributed by atoms with Crippen LogP contribution in [0.3, 0.4) is 0 Å². The molecule has 2 saturated heterocycles. The second-order valence-electron chi connectivity index (χ2n) is 6.20. The first-order chi connectivity index (χ1) is 10.2. The minimum absolute atomic E-state index is 0.318. The molecule has 4 heterocycles. The molecular formula is C15H21ClN4O. The molecule has 6 heteroatoms. The van der Waals surface area contributed by atoms with Gasteiger partial charge in [-0.05, 0) is 25.7 Å². The topological polar surface area (TPSA) is 44.9 Å². The van der Waals surface area contributed by atoms with Crippen LogP contribution >= 0.6 is 11.6 Å². The molecule has 3 atom stereocenters. The summed E-state index contributed by atoms with van der Waals surface area (Å²) in [5.74, 6) is 1.40. The molecule has 5 nitrogen and oxygen atoms in total. The van der Waals surface area contributed by atoms with E-state index in [1.165, 1.54) is 6.42 Å². The molecule has 0 aliphatic carbocycles. The fourth-order valence-corrected chi connectivity index (χ4v) is 4.17. The van der Waals surface area contributed by atoms with Gasteiger partial charge in [0.15, 0.2) is 5.65 Å². The molecule has 2 aromatic rings. The zero-order chi connectivity index (χ0) is 14.6. The molecule has 2 fully saturated rings. The third-order valence-electron chi connectivity index (χ3n) is 4.82. The third-order valence-corrected chi connectivity index (χ3v) is 5.06. The molecule has 0 N–H and O–H groups in total. The Bertz CT molecular complexity index is 677. The molecule has 114 valence electrons. The molecule has 0 radical (unpaired) electrons. The molecule has 2 aromatic heterocycles. The van der Waals surface area contributed by atoms with E-state index in [0.29, 0.717) is 24.1 Å². The Balaban J connectivity index is 1.86. The fourth-order valence-electron chi connectivity index (χ4n) is 3.98. The van der Waals surface area contributed by atoms with Crippen LogP contribution in [-0.2, 0) is 24.1 Å². The smallest absolute Gasteiger partial charge is 0.159 e. The first-order valence-corrected chi connectivity index (χ1v) is 8.40.